The first-order valence-electron chi connectivity index (χ1n) is 8.77. The lowest BCUT2D eigenvalue weighted by Crippen LogP contribution is -2.23. The third-order valence-electron chi connectivity index (χ3n) is 4.30. The number of carbonyl (C=O) groups is 1. The molecule has 7 heteroatoms. The van der Waals surface area contributed by atoms with E-state index in [9.17, 15) is 4.79 Å². The summed E-state index contributed by atoms with van der Waals surface area (Å²) in [7, 11) is 0. The molecule has 2 aromatic carbocycles. The number of nitrogens with zero attached hydrogens (tertiary/aromatic N) is 1. The van der Waals surface area contributed by atoms with Gasteiger partial charge in [-0.1, -0.05) is 29.8 Å². The van der Waals surface area contributed by atoms with Crippen LogP contribution in [0.2, 0.25) is 5.02 Å². The molecule has 6 nitrogen and oxygen atoms in total. The fraction of sp³-hybridized carbons (Fsp3) is 0.143. The summed E-state index contributed by atoms with van der Waals surface area (Å²) in [6.45, 7) is 1.23. The second kappa shape index (κ2) is 8.19. The molecular formula is C21H18ClN3O3. The minimum atomic E-state index is -0.194. The standard InChI is InChI=1S/C21H18ClN3O3/c22-17-4-1-14(2-5-17)9-24-18-8-16(11-23-12-18)21(26)25-10-15-3-6-19-20(7-15)28-13-27-19/h1-8,11-12,24H,9-10,13H2,(H,25,26). The summed E-state index contributed by atoms with van der Waals surface area (Å²) in [6, 6.07) is 15.0. The van der Waals surface area contributed by atoms with E-state index in [-0.39, 0.29) is 12.7 Å². The number of fused-ring (bicyclic) bond motifs is 1. The fourth-order valence-electron chi connectivity index (χ4n) is 2.80. The van der Waals surface area contributed by atoms with E-state index in [0.717, 1.165) is 22.6 Å². The molecule has 28 heavy (non-hydrogen) atoms. The molecule has 1 aliphatic rings. The van der Waals surface area contributed by atoms with Gasteiger partial charge in [-0.15, -0.1) is 0 Å². The lowest BCUT2D eigenvalue weighted by Gasteiger charge is -2.09. The molecule has 1 aromatic heterocycles. The molecule has 0 unspecified atom stereocenters. The van der Waals surface area contributed by atoms with E-state index in [4.69, 9.17) is 21.1 Å². The number of amides is 1. The third-order valence-corrected chi connectivity index (χ3v) is 4.55. The van der Waals surface area contributed by atoms with E-state index in [2.05, 4.69) is 15.6 Å². The molecule has 1 amide bonds. The second-order valence-electron chi connectivity index (χ2n) is 6.31. The number of aromatic nitrogens is 1. The van der Waals surface area contributed by atoms with Crippen LogP contribution in [0.1, 0.15) is 21.5 Å². The number of pyridine rings is 1. The van der Waals surface area contributed by atoms with Gasteiger partial charge in [0.2, 0.25) is 6.79 Å². The maximum atomic E-state index is 12.5. The molecule has 2 N–H and O–H groups in total. The lowest BCUT2D eigenvalue weighted by atomic mass is 10.2. The summed E-state index contributed by atoms with van der Waals surface area (Å²) >= 11 is 5.90. The van der Waals surface area contributed by atoms with Gasteiger partial charge in [0, 0.05) is 30.5 Å². The Balaban J connectivity index is 1.35. The van der Waals surface area contributed by atoms with Gasteiger partial charge in [-0.05, 0) is 41.5 Å². The van der Waals surface area contributed by atoms with Gasteiger partial charge in [0.25, 0.3) is 5.91 Å². The van der Waals surface area contributed by atoms with Crippen molar-refractivity contribution in [3.8, 4) is 11.5 Å². The van der Waals surface area contributed by atoms with Crippen LogP contribution in [-0.4, -0.2) is 17.7 Å². The molecule has 0 saturated carbocycles. The largest absolute Gasteiger partial charge is 0.454 e. The van der Waals surface area contributed by atoms with Crippen LogP contribution in [0.4, 0.5) is 5.69 Å². The Morgan fingerprint density at radius 3 is 2.61 bits per heavy atom. The predicted octanol–water partition coefficient (Wildman–Crippen LogP) is 4.01. The summed E-state index contributed by atoms with van der Waals surface area (Å²) in [5.41, 5.74) is 3.28. The second-order valence-corrected chi connectivity index (χ2v) is 6.75. The Labute approximate surface area is 167 Å². The summed E-state index contributed by atoms with van der Waals surface area (Å²) in [5, 5.41) is 6.86. The SMILES string of the molecule is O=C(NCc1ccc2c(c1)OCO2)c1cncc(NCc2ccc(Cl)cc2)c1. The van der Waals surface area contributed by atoms with E-state index in [1.54, 1.807) is 18.5 Å². The van der Waals surface area contributed by atoms with Crippen molar-refractivity contribution in [2.24, 2.45) is 0 Å². The van der Waals surface area contributed by atoms with Gasteiger partial charge in [-0.3, -0.25) is 9.78 Å². The van der Waals surface area contributed by atoms with Crippen LogP contribution in [0.5, 0.6) is 11.5 Å². The van der Waals surface area contributed by atoms with E-state index in [1.807, 2.05) is 42.5 Å². The van der Waals surface area contributed by atoms with Crippen molar-refractivity contribution >= 4 is 23.2 Å². The van der Waals surface area contributed by atoms with E-state index < -0.39 is 0 Å². The monoisotopic (exact) mass is 395 g/mol. The molecule has 0 saturated heterocycles. The van der Waals surface area contributed by atoms with Crippen molar-refractivity contribution in [1.82, 2.24) is 10.3 Å². The number of hydrogen-bond acceptors (Lipinski definition) is 5. The third kappa shape index (κ3) is 4.35. The number of rotatable bonds is 6. The Kier molecular flexibility index (Phi) is 5.30. The maximum absolute atomic E-state index is 12.5. The predicted molar refractivity (Wildman–Crippen MR) is 107 cm³/mol. The highest BCUT2D eigenvalue weighted by molar-refractivity contribution is 6.30. The quantitative estimate of drug-likeness (QED) is 0.659. The van der Waals surface area contributed by atoms with Gasteiger partial charge in [0.1, 0.15) is 0 Å². The summed E-state index contributed by atoms with van der Waals surface area (Å²) in [4.78, 5) is 16.6. The highest BCUT2D eigenvalue weighted by atomic mass is 35.5. The Morgan fingerprint density at radius 1 is 0.964 bits per heavy atom. The van der Waals surface area contributed by atoms with Crippen molar-refractivity contribution in [2.45, 2.75) is 13.1 Å². The van der Waals surface area contributed by atoms with Gasteiger partial charge in [-0.25, -0.2) is 0 Å². The van der Waals surface area contributed by atoms with Crippen molar-refractivity contribution in [3.05, 3.63) is 82.6 Å². The Morgan fingerprint density at radius 2 is 1.75 bits per heavy atom. The van der Waals surface area contributed by atoms with Crippen LogP contribution in [0, 0.1) is 0 Å². The molecule has 1 aliphatic heterocycles. The van der Waals surface area contributed by atoms with Gasteiger partial charge in [-0.2, -0.15) is 0 Å². The van der Waals surface area contributed by atoms with Crippen LogP contribution in [-0.2, 0) is 13.1 Å². The smallest absolute Gasteiger partial charge is 0.253 e. The van der Waals surface area contributed by atoms with Crippen LogP contribution in [0.25, 0.3) is 0 Å². The zero-order valence-electron chi connectivity index (χ0n) is 14.9. The molecule has 3 aromatic rings. The Hall–Kier alpha value is -3.25. The van der Waals surface area contributed by atoms with E-state index in [0.29, 0.717) is 29.4 Å². The van der Waals surface area contributed by atoms with Gasteiger partial charge >= 0.3 is 0 Å². The van der Waals surface area contributed by atoms with Crippen molar-refractivity contribution in [1.29, 1.82) is 0 Å². The van der Waals surface area contributed by atoms with Crippen molar-refractivity contribution < 1.29 is 14.3 Å². The van der Waals surface area contributed by atoms with E-state index >= 15 is 0 Å². The summed E-state index contributed by atoms with van der Waals surface area (Å²) < 4.78 is 10.6. The molecule has 0 bridgehead atoms. The van der Waals surface area contributed by atoms with Crippen molar-refractivity contribution in [3.63, 3.8) is 0 Å². The summed E-state index contributed by atoms with van der Waals surface area (Å²) in [6.07, 6.45) is 3.23. The summed E-state index contributed by atoms with van der Waals surface area (Å²) in [5.74, 6) is 1.22. The average Bonchev–Trinajstić information content (AvgIpc) is 3.20. The number of nitrogens with one attached hydrogen (secondary N) is 2. The number of carbonyl (C=O) groups excluding carboxylic acids is 1. The number of hydrogen-bond donors (Lipinski definition) is 2. The minimum Gasteiger partial charge on any atom is -0.454 e. The van der Waals surface area contributed by atoms with Gasteiger partial charge < -0.3 is 20.1 Å². The zero-order chi connectivity index (χ0) is 19.3. The molecule has 0 spiro atoms. The average molecular weight is 396 g/mol. The minimum absolute atomic E-state index is 0.194. The normalized spacial score (nSPS) is 11.9. The maximum Gasteiger partial charge on any atom is 0.253 e. The molecule has 0 aliphatic carbocycles. The van der Waals surface area contributed by atoms with Crippen LogP contribution in [0.3, 0.4) is 0 Å². The van der Waals surface area contributed by atoms with Crippen LogP contribution < -0.4 is 20.1 Å². The number of benzene rings is 2. The van der Waals surface area contributed by atoms with Crippen LogP contribution >= 0.6 is 11.6 Å². The van der Waals surface area contributed by atoms with Gasteiger partial charge in [0.15, 0.2) is 11.5 Å². The fourth-order valence-corrected chi connectivity index (χ4v) is 2.93. The molecular weight excluding hydrogens is 378 g/mol. The highest BCUT2D eigenvalue weighted by Gasteiger charge is 2.14. The molecule has 0 fully saturated rings. The molecule has 4 rings (SSSR count). The van der Waals surface area contributed by atoms with Gasteiger partial charge in [0.05, 0.1) is 11.3 Å². The number of anilines is 1. The zero-order valence-corrected chi connectivity index (χ0v) is 15.7. The first-order valence-corrected chi connectivity index (χ1v) is 9.15. The Bertz CT molecular complexity index is 992. The first-order chi connectivity index (χ1) is 13.7. The molecule has 2 heterocycles. The first kappa shape index (κ1) is 18.1. The lowest BCUT2D eigenvalue weighted by molar-refractivity contribution is 0.0950. The van der Waals surface area contributed by atoms with E-state index in [1.165, 1.54) is 0 Å². The topological polar surface area (TPSA) is 72.5 Å². The highest BCUT2D eigenvalue weighted by Crippen LogP contribution is 2.32. The van der Waals surface area contributed by atoms with Crippen molar-refractivity contribution in [2.75, 3.05) is 12.1 Å². The molecule has 142 valence electrons. The molecule has 0 atom stereocenters. The van der Waals surface area contributed by atoms with Crippen LogP contribution in [0.15, 0.2) is 60.9 Å². The number of halogens is 1. The molecule has 0 radical (unpaired) electrons. The number of ether oxygens (including phenoxy) is 2.